The number of carbonyl (C=O) groups is 2. The molecule has 0 unspecified atom stereocenters. The minimum atomic E-state index is -1.10. The molecular formula is C12H21NO4. The SMILES string of the molecule is C[C@H](N)C(=O)OC1(C(=O)OC(C)(C)C)CCC1. The van der Waals surface area contributed by atoms with Crippen molar-refractivity contribution in [2.75, 3.05) is 0 Å². The van der Waals surface area contributed by atoms with Crippen molar-refractivity contribution in [1.29, 1.82) is 0 Å². The second-order valence-corrected chi connectivity index (χ2v) is 5.56. The Morgan fingerprint density at radius 3 is 2.12 bits per heavy atom. The first-order chi connectivity index (χ1) is 7.66. The quantitative estimate of drug-likeness (QED) is 0.752. The van der Waals surface area contributed by atoms with Gasteiger partial charge in [-0.25, -0.2) is 4.79 Å². The number of esters is 2. The van der Waals surface area contributed by atoms with E-state index in [0.29, 0.717) is 12.8 Å². The molecule has 0 aromatic heterocycles. The smallest absolute Gasteiger partial charge is 0.351 e. The van der Waals surface area contributed by atoms with Crippen molar-refractivity contribution < 1.29 is 19.1 Å². The van der Waals surface area contributed by atoms with Crippen LogP contribution in [0.25, 0.3) is 0 Å². The lowest BCUT2D eigenvalue weighted by Gasteiger charge is -2.40. The number of hydrogen-bond acceptors (Lipinski definition) is 5. The maximum absolute atomic E-state index is 12.0. The molecule has 0 aromatic rings. The van der Waals surface area contributed by atoms with E-state index in [-0.39, 0.29) is 0 Å². The van der Waals surface area contributed by atoms with Gasteiger partial charge in [-0.2, -0.15) is 0 Å². The van der Waals surface area contributed by atoms with Crippen LogP contribution in [-0.4, -0.2) is 29.2 Å². The highest BCUT2D eigenvalue weighted by Crippen LogP contribution is 2.38. The van der Waals surface area contributed by atoms with Crippen molar-refractivity contribution in [3.05, 3.63) is 0 Å². The van der Waals surface area contributed by atoms with Crippen molar-refractivity contribution in [1.82, 2.24) is 0 Å². The van der Waals surface area contributed by atoms with Gasteiger partial charge in [0.15, 0.2) is 0 Å². The number of hydrogen-bond donors (Lipinski definition) is 1. The van der Waals surface area contributed by atoms with E-state index in [9.17, 15) is 9.59 Å². The number of rotatable bonds is 3. The molecule has 0 saturated heterocycles. The molecule has 0 aliphatic heterocycles. The molecule has 1 rings (SSSR count). The van der Waals surface area contributed by atoms with Crippen LogP contribution >= 0.6 is 0 Å². The second-order valence-electron chi connectivity index (χ2n) is 5.56. The van der Waals surface area contributed by atoms with Crippen LogP contribution in [0.1, 0.15) is 47.0 Å². The molecule has 98 valence electrons. The van der Waals surface area contributed by atoms with Crippen LogP contribution in [-0.2, 0) is 19.1 Å². The summed E-state index contributed by atoms with van der Waals surface area (Å²) in [5.41, 5.74) is 3.74. The topological polar surface area (TPSA) is 78.6 Å². The average molecular weight is 243 g/mol. The number of nitrogens with two attached hydrogens (primary N) is 1. The third-order valence-corrected chi connectivity index (χ3v) is 2.60. The minimum Gasteiger partial charge on any atom is -0.457 e. The van der Waals surface area contributed by atoms with E-state index >= 15 is 0 Å². The molecule has 1 saturated carbocycles. The lowest BCUT2D eigenvalue weighted by molar-refractivity contribution is -0.201. The molecule has 17 heavy (non-hydrogen) atoms. The molecule has 0 spiro atoms. The minimum absolute atomic E-state index is 0.467. The lowest BCUT2D eigenvalue weighted by atomic mass is 9.80. The van der Waals surface area contributed by atoms with Crippen LogP contribution in [0.3, 0.4) is 0 Å². The number of carbonyl (C=O) groups excluding carboxylic acids is 2. The largest absolute Gasteiger partial charge is 0.457 e. The Hall–Kier alpha value is -1.10. The molecule has 5 nitrogen and oxygen atoms in total. The first-order valence-electron chi connectivity index (χ1n) is 5.88. The van der Waals surface area contributed by atoms with Gasteiger partial charge in [-0.05, 0) is 47.0 Å². The first kappa shape index (κ1) is 14.0. The standard InChI is InChI=1S/C12H21NO4/c1-8(13)9(14)16-12(6-5-7-12)10(15)17-11(2,3)4/h8H,5-7,13H2,1-4H3/t8-/m0/s1. The number of ether oxygens (including phenoxy) is 2. The van der Waals surface area contributed by atoms with Crippen LogP contribution in [0.5, 0.6) is 0 Å². The van der Waals surface area contributed by atoms with Crippen molar-refractivity contribution in [3.63, 3.8) is 0 Å². The van der Waals surface area contributed by atoms with Gasteiger partial charge in [-0.3, -0.25) is 4.79 Å². The van der Waals surface area contributed by atoms with E-state index in [2.05, 4.69) is 0 Å². The van der Waals surface area contributed by atoms with Crippen LogP contribution in [0.4, 0.5) is 0 Å². The summed E-state index contributed by atoms with van der Waals surface area (Å²) in [6, 6.07) is -0.727. The zero-order chi connectivity index (χ0) is 13.3. The predicted molar refractivity (Wildman–Crippen MR) is 62.2 cm³/mol. The first-order valence-corrected chi connectivity index (χ1v) is 5.88. The molecule has 0 heterocycles. The molecule has 1 fully saturated rings. The van der Waals surface area contributed by atoms with Gasteiger partial charge in [-0.15, -0.1) is 0 Å². The fourth-order valence-corrected chi connectivity index (χ4v) is 1.50. The van der Waals surface area contributed by atoms with Crippen molar-refractivity contribution in [3.8, 4) is 0 Å². The Morgan fingerprint density at radius 1 is 1.29 bits per heavy atom. The Kier molecular flexibility index (Phi) is 3.81. The summed E-state index contributed by atoms with van der Waals surface area (Å²) in [5.74, 6) is -1.03. The van der Waals surface area contributed by atoms with Crippen molar-refractivity contribution >= 4 is 11.9 Å². The summed E-state index contributed by atoms with van der Waals surface area (Å²) < 4.78 is 10.5. The van der Waals surface area contributed by atoms with Crippen LogP contribution in [0.2, 0.25) is 0 Å². The summed E-state index contributed by atoms with van der Waals surface area (Å²) in [5, 5.41) is 0. The maximum atomic E-state index is 12.0. The van der Waals surface area contributed by atoms with Gasteiger partial charge in [-0.1, -0.05) is 0 Å². The van der Waals surface area contributed by atoms with Crippen LogP contribution in [0.15, 0.2) is 0 Å². The molecule has 0 aromatic carbocycles. The predicted octanol–water partition coefficient (Wildman–Crippen LogP) is 1.14. The highest BCUT2D eigenvalue weighted by atomic mass is 16.6. The third-order valence-electron chi connectivity index (χ3n) is 2.60. The van der Waals surface area contributed by atoms with Gasteiger partial charge in [0.1, 0.15) is 11.6 Å². The molecule has 0 bridgehead atoms. The molecule has 5 heteroatoms. The Balaban J connectivity index is 2.69. The highest BCUT2D eigenvalue weighted by Gasteiger charge is 2.50. The summed E-state index contributed by atoms with van der Waals surface area (Å²) in [6.07, 6.45) is 1.88. The second kappa shape index (κ2) is 4.64. The van der Waals surface area contributed by atoms with Crippen LogP contribution < -0.4 is 5.73 Å². The monoisotopic (exact) mass is 243 g/mol. The molecule has 0 amide bonds. The molecule has 1 aliphatic carbocycles. The van der Waals surface area contributed by atoms with Crippen molar-refractivity contribution in [2.45, 2.75) is 64.2 Å². The fraction of sp³-hybridized carbons (Fsp3) is 0.833. The maximum Gasteiger partial charge on any atom is 0.351 e. The normalized spacial score (nSPS) is 20.1. The van der Waals surface area contributed by atoms with Gasteiger partial charge < -0.3 is 15.2 Å². The Labute approximate surface area is 102 Å². The van der Waals surface area contributed by atoms with E-state index in [0.717, 1.165) is 6.42 Å². The summed E-state index contributed by atoms with van der Waals surface area (Å²) in [4.78, 5) is 23.4. The van der Waals surface area contributed by atoms with Gasteiger partial charge in [0, 0.05) is 0 Å². The zero-order valence-corrected chi connectivity index (χ0v) is 10.9. The van der Waals surface area contributed by atoms with Gasteiger partial charge >= 0.3 is 11.9 Å². The van der Waals surface area contributed by atoms with E-state index in [1.165, 1.54) is 6.92 Å². The molecule has 2 N–H and O–H groups in total. The molecule has 0 radical (unpaired) electrons. The molecule has 1 atom stereocenters. The van der Waals surface area contributed by atoms with Gasteiger partial charge in [0.2, 0.25) is 5.60 Å². The third kappa shape index (κ3) is 3.43. The van der Waals surface area contributed by atoms with E-state index in [1.54, 1.807) is 20.8 Å². The average Bonchev–Trinajstić information content (AvgIpc) is 2.07. The summed E-state index contributed by atoms with van der Waals surface area (Å²) in [6.45, 7) is 6.88. The Bertz CT molecular complexity index is 313. The Morgan fingerprint density at radius 2 is 1.82 bits per heavy atom. The molecule has 1 aliphatic rings. The van der Waals surface area contributed by atoms with Crippen LogP contribution in [0, 0.1) is 0 Å². The van der Waals surface area contributed by atoms with Crippen molar-refractivity contribution in [2.24, 2.45) is 5.73 Å². The summed E-state index contributed by atoms with van der Waals surface area (Å²) >= 11 is 0. The van der Waals surface area contributed by atoms with E-state index in [4.69, 9.17) is 15.2 Å². The highest BCUT2D eigenvalue weighted by molar-refractivity contribution is 5.86. The lowest BCUT2D eigenvalue weighted by Crippen LogP contribution is -2.53. The summed E-state index contributed by atoms with van der Waals surface area (Å²) in [7, 11) is 0. The fourth-order valence-electron chi connectivity index (χ4n) is 1.50. The molecular weight excluding hydrogens is 222 g/mol. The zero-order valence-electron chi connectivity index (χ0n) is 10.9. The van der Waals surface area contributed by atoms with E-state index < -0.39 is 29.2 Å². The van der Waals surface area contributed by atoms with Gasteiger partial charge in [0.25, 0.3) is 0 Å². The van der Waals surface area contributed by atoms with E-state index in [1.807, 2.05) is 0 Å². The van der Waals surface area contributed by atoms with Gasteiger partial charge in [0.05, 0.1) is 0 Å².